The number of anilines is 1. The first-order valence-electron chi connectivity index (χ1n) is 12.1. The van der Waals surface area contributed by atoms with E-state index < -0.39 is 12.0 Å². The van der Waals surface area contributed by atoms with Crippen LogP contribution in [0.4, 0.5) is 5.69 Å². The average Bonchev–Trinajstić information content (AvgIpc) is 3.31. The van der Waals surface area contributed by atoms with Crippen LogP contribution >= 0.6 is 0 Å². The minimum absolute atomic E-state index is 0.222. The standard InChI is InChI=1S/C27H37N3O2/c1-28-17-22-7-3-4-9-25(22)21-12-10-19(11-13-21)14-20-6-5-8-23(15-20)30(2)24-16-26(27(31)32)29-18-24/h3-9,15,19,21,24,26,28-29H,10-14,16-18H2,1-2H3,(H,31,32)/t19?,21?,24?,26-/m0/s1. The lowest BCUT2D eigenvalue weighted by Gasteiger charge is -2.31. The zero-order valence-electron chi connectivity index (χ0n) is 19.4. The van der Waals surface area contributed by atoms with E-state index in [9.17, 15) is 9.90 Å². The number of nitrogens with zero attached hydrogens (tertiary/aromatic N) is 1. The first kappa shape index (κ1) is 22.8. The lowest BCUT2D eigenvalue weighted by molar-refractivity contribution is -0.139. The highest BCUT2D eigenvalue weighted by Crippen LogP contribution is 2.38. The SMILES string of the molecule is CNCc1ccccc1C1CCC(Cc2cccc(N(C)C3CN[C@H](C(=O)O)C3)c2)CC1. The van der Waals surface area contributed by atoms with Crippen molar-refractivity contribution in [3.63, 3.8) is 0 Å². The number of benzene rings is 2. The number of likely N-dealkylation sites (N-methyl/N-ethyl adjacent to an activating group) is 1. The molecular weight excluding hydrogens is 398 g/mol. The average molecular weight is 436 g/mol. The van der Waals surface area contributed by atoms with Crippen molar-refractivity contribution in [3.8, 4) is 0 Å². The number of carboxylic acid groups (broad SMARTS) is 1. The lowest BCUT2D eigenvalue weighted by Crippen LogP contribution is -2.33. The molecule has 0 radical (unpaired) electrons. The van der Waals surface area contributed by atoms with Crippen LogP contribution in [-0.4, -0.2) is 43.8 Å². The van der Waals surface area contributed by atoms with E-state index in [1.54, 1.807) is 0 Å². The summed E-state index contributed by atoms with van der Waals surface area (Å²) in [5, 5.41) is 15.7. The van der Waals surface area contributed by atoms with Gasteiger partial charge in [0, 0.05) is 31.9 Å². The van der Waals surface area contributed by atoms with Gasteiger partial charge in [-0.2, -0.15) is 0 Å². The third-order valence-electron chi connectivity index (χ3n) is 7.50. The Morgan fingerprint density at radius 3 is 2.62 bits per heavy atom. The van der Waals surface area contributed by atoms with Gasteiger partial charge in [0.2, 0.25) is 0 Å². The van der Waals surface area contributed by atoms with Crippen molar-refractivity contribution in [1.82, 2.24) is 10.6 Å². The monoisotopic (exact) mass is 435 g/mol. The summed E-state index contributed by atoms with van der Waals surface area (Å²) < 4.78 is 0. The molecule has 4 rings (SSSR count). The Morgan fingerprint density at radius 1 is 1.12 bits per heavy atom. The van der Waals surface area contributed by atoms with Crippen LogP contribution in [0.2, 0.25) is 0 Å². The summed E-state index contributed by atoms with van der Waals surface area (Å²) in [7, 11) is 4.11. The molecule has 1 saturated carbocycles. The zero-order chi connectivity index (χ0) is 22.5. The van der Waals surface area contributed by atoms with Gasteiger partial charge in [-0.15, -0.1) is 0 Å². The smallest absolute Gasteiger partial charge is 0.320 e. The van der Waals surface area contributed by atoms with Gasteiger partial charge < -0.3 is 20.6 Å². The summed E-state index contributed by atoms with van der Waals surface area (Å²) in [6.07, 6.45) is 6.89. The summed E-state index contributed by atoms with van der Waals surface area (Å²) in [6.45, 7) is 1.66. The van der Waals surface area contributed by atoms with E-state index in [-0.39, 0.29) is 6.04 Å². The van der Waals surface area contributed by atoms with Crippen LogP contribution in [0.1, 0.15) is 54.7 Å². The van der Waals surface area contributed by atoms with Crippen molar-refractivity contribution in [2.24, 2.45) is 5.92 Å². The van der Waals surface area contributed by atoms with Gasteiger partial charge in [0.15, 0.2) is 0 Å². The van der Waals surface area contributed by atoms with E-state index in [0.29, 0.717) is 12.3 Å². The molecule has 2 aromatic rings. The van der Waals surface area contributed by atoms with Gasteiger partial charge >= 0.3 is 5.97 Å². The third kappa shape index (κ3) is 5.33. The van der Waals surface area contributed by atoms with Gasteiger partial charge in [0.05, 0.1) is 0 Å². The molecule has 1 unspecified atom stereocenters. The van der Waals surface area contributed by atoms with E-state index in [2.05, 4.69) is 71.1 Å². The minimum atomic E-state index is -0.751. The van der Waals surface area contributed by atoms with Gasteiger partial charge in [-0.25, -0.2) is 0 Å². The maximum absolute atomic E-state index is 11.3. The zero-order valence-corrected chi connectivity index (χ0v) is 19.4. The summed E-state index contributed by atoms with van der Waals surface area (Å²) in [5.74, 6) is 0.678. The molecule has 5 heteroatoms. The number of hydrogen-bond acceptors (Lipinski definition) is 4. The van der Waals surface area contributed by atoms with E-state index in [1.165, 1.54) is 48.1 Å². The van der Waals surface area contributed by atoms with Crippen LogP contribution in [0.25, 0.3) is 0 Å². The third-order valence-corrected chi connectivity index (χ3v) is 7.50. The van der Waals surface area contributed by atoms with Gasteiger partial charge in [-0.05, 0) is 86.2 Å². The molecular formula is C27H37N3O2. The number of carboxylic acids is 1. The van der Waals surface area contributed by atoms with Crippen LogP contribution in [0.5, 0.6) is 0 Å². The van der Waals surface area contributed by atoms with E-state index in [0.717, 1.165) is 25.4 Å². The molecule has 2 aromatic carbocycles. The molecule has 2 atom stereocenters. The number of nitrogens with one attached hydrogen (secondary N) is 2. The molecule has 0 spiro atoms. The summed E-state index contributed by atoms with van der Waals surface area (Å²) in [4.78, 5) is 13.5. The van der Waals surface area contributed by atoms with Crippen molar-refractivity contribution < 1.29 is 9.90 Å². The summed E-state index contributed by atoms with van der Waals surface area (Å²) in [5.41, 5.74) is 5.57. The molecule has 32 heavy (non-hydrogen) atoms. The van der Waals surface area contributed by atoms with Crippen molar-refractivity contribution in [2.75, 3.05) is 25.5 Å². The Labute approximate surface area is 192 Å². The second kappa shape index (κ2) is 10.5. The minimum Gasteiger partial charge on any atom is -0.480 e. The molecule has 1 aliphatic carbocycles. The Balaban J connectivity index is 1.34. The Bertz CT molecular complexity index is 907. The molecule has 5 nitrogen and oxygen atoms in total. The predicted octanol–water partition coefficient (Wildman–Crippen LogP) is 4.17. The molecule has 2 aliphatic rings. The maximum atomic E-state index is 11.3. The highest BCUT2D eigenvalue weighted by Gasteiger charge is 2.31. The second-order valence-corrected chi connectivity index (χ2v) is 9.62. The number of rotatable bonds is 8. The number of carbonyl (C=O) groups is 1. The fourth-order valence-electron chi connectivity index (χ4n) is 5.61. The van der Waals surface area contributed by atoms with Crippen LogP contribution in [0.15, 0.2) is 48.5 Å². The molecule has 172 valence electrons. The molecule has 1 aliphatic heterocycles. The van der Waals surface area contributed by atoms with Gasteiger partial charge in [0.25, 0.3) is 0 Å². The van der Waals surface area contributed by atoms with Crippen molar-refractivity contribution in [3.05, 3.63) is 65.2 Å². The Hall–Kier alpha value is -2.37. The molecule has 1 heterocycles. The fraction of sp³-hybridized carbons (Fsp3) is 0.519. The first-order chi connectivity index (χ1) is 15.5. The molecule has 0 amide bonds. The molecule has 0 aromatic heterocycles. The molecule has 0 bridgehead atoms. The van der Waals surface area contributed by atoms with Crippen molar-refractivity contribution in [2.45, 2.75) is 63.1 Å². The van der Waals surface area contributed by atoms with Crippen LogP contribution in [0.3, 0.4) is 0 Å². The van der Waals surface area contributed by atoms with Crippen LogP contribution in [0, 0.1) is 5.92 Å². The van der Waals surface area contributed by atoms with E-state index in [1.807, 2.05) is 7.05 Å². The predicted molar refractivity (Wildman–Crippen MR) is 130 cm³/mol. The summed E-state index contributed by atoms with van der Waals surface area (Å²) in [6, 6.07) is 17.6. The second-order valence-electron chi connectivity index (χ2n) is 9.62. The number of hydrogen-bond donors (Lipinski definition) is 3. The van der Waals surface area contributed by atoms with E-state index >= 15 is 0 Å². The first-order valence-corrected chi connectivity index (χ1v) is 12.1. The highest BCUT2D eigenvalue weighted by molar-refractivity contribution is 5.74. The largest absolute Gasteiger partial charge is 0.480 e. The van der Waals surface area contributed by atoms with Crippen molar-refractivity contribution in [1.29, 1.82) is 0 Å². The number of aliphatic carboxylic acids is 1. The molecule has 1 saturated heterocycles. The fourth-order valence-corrected chi connectivity index (χ4v) is 5.61. The van der Waals surface area contributed by atoms with Crippen molar-refractivity contribution >= 4 is 11.7 Å². The maximum Gasteiger partial charge on any atom is 0.320 e. The summed E-state index contributed by atoms with van der Waals surface area (Å²) >= 11 is 0. The lowest BCUT2D eigenvalue weighted by atomic mass is 9.75. The van der Waals surface area contributed by atoms with Gasteiger partial charge in [-0.1, -0.05) is 36.4 Å². The topological polar surface area (TPSA) is 64.6 Å². The molecule has 3 N–H and O–H groups in total. The Kier molecular flexibility index (Phi) is 7.48. The quantitative estimate of drug-likeness (QED) is 0.581. The van der Waals surface area contributed by atoms with Crippen LogP contribution in [-0.2, 0) is 17.8 Å². The molecule has 2 fully saturated rings. The Morgan fingerprint density at radius 2 is 1.91 bits per heavy atom. The van der Waals surface area contributed by atoms with E-state index in [4.69, 9.17) is 0 Å². The van der Waals surface area contributed by atoms with Crippen LogP contribution < -0.4 is 15.5 Å². The van der Waals surface area contributed by atoms with Gasteiger partial charge in [-0.3, -0.25) is 4.79 Å². The van der Waals surface area contributed by atoms with Gasteiger partial charge in [0.1, 0.15) is 6.04 Å². The normalized spacial score (nSPS) is 25.6. The highest BCUT2D eigenvalue weighted by atomic mass is 16.4.